The number of rotatable bonds is 4. The lowest BCUT2D eigenvalue weighted by atomic mass is 10.2. The molecule has 2 saturated heterocycles. The SMILES string of the molecule is C[C@H](OC(=O)[C@H]1CS[C@@]2(C)CCC(=O)N12)C(=O)Nc1cccnc1Cl. The van der Waals surface area contributed by atoms with Gasteiger partial charge in [0.15, 0.2) is 11.3 Å². The maximum absolute atomic E-state index is 12.5. The Hall–Kier alpha value is -1.80. The minimum atomic E-state index is -1.02. The topological polar surface area (TPSA) is 88.6 Å². The standard InChI is InChI=1S/C16H18ClN3O4S/c1-9(14(22)19-10-4-3-7-18-13(10)17)24-15(23)11-8-25-16(2)6-5-12(21)20(11)16/h3-4,7,9,11H,5-6,8H2,1-2H3,(H,19,22)/t9-,11+,16-/m0/s1. The van der Waals surface area contributed by atoms with Gasteiger partial charge in [0.1, 0.15) is 6.04 Å². The van der Waals surface area contributed by atoms with Gasteiger partial charge in [-0.05, 0) is 32.4 Å². The molecule has 0 unspecified atom stereocenters. The average Bonchev–Trinajstić information content (AvgIpc) is 3.06. The number of carbonyl (C=O) groups excluding carboxylic acids is 3. The smallest absolute Gasteiger partial charge is 0.330 e. The molecule has 1 aromatic rings. The minimum Gasteiger partial charge on any atom is -0.451 e. The summed E-state index contributed by atoms with van der Waals surface area (Å²) in [5, 5.41) is 2.72. The maximum Gasteiger partial charge on any atom is 0.330 e. The summed E-state index contributed by atoms with van der Waals surface area (Å²) in [4.78, 5) is 41.9. The number of carbonyl (C=O) groups is 3. The lowest BCUT2D eigenvalue weighted by Crippen LogP contribution is -2.48. The van der Waals surface area contributed by atoms with Crippen molar-refractivity contribution in [3.63, 3.8) is 0 Å². The number of nitrogens with one attached hydrogen (secondary N) is 1. The van der Waals surface area contributed by atoms with Gasteiger partial charge < -0.3 is 15.0 Å². The molecule has 2 amide bonds. The number of hydrogen-bond donors (Lipinski definition) is 1. The maximum atomic E-state index is 12.5. The van der Waals surface area contributed by atoms with E-state index in [-0.39, 0.29) is 15.9 Å². The predicted molar refractivity (Wildman–Crippen MR) is 94.2 cm³/mol. The Labute approximate surface area is 154 Å². The van der Waals surface area contributed by atoms with Gasteiger partial charge in [-0.25, -0.2) is 9.78 Å². The second-order valence-electron chi connectivity index (χ2n) is 6.18. The molecule has 0 aliphatic carbocycles. The van der Waals surface area contributed by atoms with E-state index < -0.39 is 24.0 Å². The van der Waals surface area contributed by atoms with Gasteiger partial charge in [-0.1, -0.05) is 11.6 Å². The van der Waals surface area contributed by atoms with Crippen molar-refractivity contribution >= 4 is 46.8 Å². The fraction of sp³-hybridized carbons (Fsp3) is 0.500. The van der Waals surface area contributed by atoms with E-state index in [2.05, 4.69) is 10.3 Å². The highest BCUT2D eigenvalue weighted by Crippen LogP contribution is 2.47. The van der Waals surface area contributed by atoms with Crippen molar-refractivity contribution in [2.45, 2.75) is 43.7 Å². The molecule has 3 rings (SSSR count). The molecular weight excluding hydrogens is 366 g/mol. The third-order valence-electron chi connectivity index (χ3n) is 4.40. The Morgan fingerprint density at radius 3 is 3.04 bits per heavy atom. The van der Waals surface area contributed by atoms with E-state index in [0.29, 0.717) is 17.9 Å². The van der Waals surface area contributed by atoms with Crippen LogP contribution in [0.3, 0.4) is 0 Å². The third-order valence-corrected chi connectivity index (χ3v) is 6.20. The first-order chi connectivity index (χ1) is 11.8. The Bertz CT molecular complexity index is 731. The van der Waals surface area contributed by atoms with E-state index in [1.807, 2.05) is 6.92 Å². The zero-order valence-electron chi connectivity index (χ0n) is 13.8. The number of pyridine rings is 1. The van der Waals surface area contributed by atoms with Gasteiger partial charge in [0.05, 0.1) is 10.6 Å². The molecule has 1 aromatic heterocycles. The van der Waals surface area contributed by atoms with Gasteiger partial charge in [-0.15, -0.1) is 11.8 Å². The van der Waals surface area contributed by atoms with Gasteiger partial charge in [-0.3, -0.25) is 9.59 Å². The molecule has 0 aromatic carbocycles. The van der Waals surface area contributed by atoms with Crippen LogP contribution >= 0.6 is 23.4 Å². The molecule has 0 radical (unpaired) electrons. The molecule has 7 nitrogen and oxygen atoms in total. The molecule has 2 fully saturated rings. The average molecular weight is 384 g/mol. The zero-order valence-corrected chi connectivity index (χ0v) is 15.4. The van der Waals surface area contributed by atoms with Crippen molar-refractivity contribution in [3.8, 4) is 0 Å². The van der Waals surface area contributed by atoms with E-state index in [1.165, 1.54) is 13.1 Å². The quantitative estimate of drug-likeness (QED) is 0.632. The molecule has 0 bridgehead atoms. The van der Waals surface area contributed by atoms with Crippen molar-refractivity contribution < 1.29 is 19.1 Å². The van der Waals surface area contributed by atoms with Crippen LogP contribution in [0.5, 0.6) is 0 Å². The van der Waals surface area contributed by atoms with E-state index in [1.54, 1.807) is 28.8 Å². The molecule has 25 heavy (non-hydrogen) atoms. The monoisotopic (exact) mass is 383 g/mol. The first-order valence-corrected chi connectivity index (χ1v) is 9.26. The van der Waals surface area contributed by atoms with E-state index in [0.717, 1.165) is 6.42 Å². The van der Waals surface area contributed by atoms with E-state index in [4.69, 9.17) is 16.3 Å². The van der Waals surface area contributed by atoms with Gasteiger partial charge in [0.2, 0.25) is 5.91 Å². The molecule has 3 atom stereocenters. The Balaban J connectivity index is 1.62. The van der Waals surface area contributed by atoms with Crippen LogP contribution < -0.4 is 5.32 Å². The fourth-order valence-corrected chi connectivity index (χ4v) is 4.60. The second-order valence-corrected chi connectivity index (χ2v) is 8.04. The first-order valence-electron chi connectivity index (χ1n) is 7.90. The number of nitrogens with zero attached hydrogens (tertiary/aromatic N) is 2. The molecular formula is C16H18ClN3O4S. The Kier molecular flexibility index (Phi) is 4.92. The van der Waals surface area contributed by atoms with Crippen molar-refractivity contribution in [1.82, 2.24) is 9.88 Å². The lowest BCUT2D eigenvalue weighted by molar-refractivity contribution is -0.160. The number of thioether (sulfide) groups is 1. The summed E-state index contributed by atoms with van der Waals surface area (Å²) < 4.78 is 5.29. The molecule has 1 N–H and O–H groups in total. The molecule has 0 saturated carbocycles. The highest BCUT2D eigenvalue weighted by molar-refractivity contribution is 8.01. The fourth-order valence-electron chi connectivity index (χ4n) is 3.02. The highest BCUT2D eigenvalue weighted by Gasteiger charge is 2.53. The van der Waals surface area contributed by atoms with Crippen LogP contribution in [0.1, 0.15) is 26.7 Å². The molecule has 0 spiro atoms. The normalized spacial score (nSPS) is 26.3. The van der Waals surface area contributed by atoms with Crippen LogP contribution in [0.2, 0.25) is 5.15 Å². The van der Waals surface area contributed by atoms with Gasteiger partial charge in [0.25, 0.3) is 5.91 Å². The number of esters is 1. The number of fused-ring (bicyclic) bond motifs is 1. The van der Waals surface area contributed by atoms with Crippen molar-refractivity contribution in [1.29, 1.82) is 0 Å². The van der Waals surface area contributed by atoms with Crippen LogP contribution in [0.4, 0.5) is 5.69 Å². The number of ether oxygens (including phenoxy) is 1. The van der Waals surface area contributed by atoms with Crippen molar-refractivity contribution in [2.75, 3.05) is 11.1 Å². The lowest BCUT2D eigenvalue weighted by Gasteiger charge is -2.29. The van der Waals surface area contributed by atoms with Crippen LogP contribution in [0, 0.1) is 0 Å². The van der Waals surface area contributed by atoms with Gasteiger partial charge >= 0.3 is 5.97 Å². The Morgan fingerprint density at radius 1 is 1.56 bits per heavy atom. The summed E-state index contributed by atoms with van der Waals surface area (Å²) in [6.45, 7) is 3.43. The zero-order chi connectivity index (χ0) is 18.2. The van der Waals surface area contributed by atoms with Crippen LogP contribution in [0.15, 0.2) is 18.3 Å². The molecule has 3 heterocycles. The largest absolute Gasteiger partial charge is 0.451 e. The number of halogens is 1. The predicted octanol–water partition coefficient (Wildman–Crippen LogP) is 2.06. The summed E-state index contributed by atoms with van der Waals surface area (Å²) in [6.07, 6.45) is 1.64. The molecule has 2 aliphatic heterocycles. The summed E-state index contributed by atoms with van der Waals surface area (Å²) in [5.74, 6) is -0.645. The van der Waals surface area contributed by atoms with E-state index >= 15 is 0 Å². The van der Waals surface area contributed by atoms with Crippen molar-refractivity contribution in [3.05, 3.63) is 23.5 Å². The summed E-state index contributed by atoms with van der Waals surface area (Å²) in [5.41, 5.74) is 0.343. The summed E-state index contributed by atoms with van der Waals surface area (Å²) in [6, 6.07) is 2.58. The molecule has 2 aliphatic rings. The molecule has 134 valence electrons. The van der Waals surface area contributed by atoms with E-state index in [9.17, 15) is 14.4 Å². The third kappa shape index (κ3) is 3.46. The van der Waals surface area contributed by atoms with Gasteiger partial charge in [-0.2, -0.15) is 0 Å². The number of aromatic nitrogens is 1. The molecule has 9 heteroatoms. The number of amides is 2. The highest BCUT2D eigenvalue weighted by atomic mass is 35.5. The number of anilines is 1. The first kappa shape index (κ1) is 18.0. The van der Waals surface area contributed by atoms with Gasteiger partial charge in [0, 0.05) is 18.4 Å². The number of hydrogen-bond acceptors (Lipinski definition) is 6. The summed E-state index contributed by atoms with van der Waals surface area (Å²) in [7, 11) is 0. The minimum absolute atomic E-state index is 0.0475. The van der Waals surface area contributed by atoms with Crippen LogP contribution in [-0.4, -0.2) is 50.4 Å². The summed E-state index contributed by atoms with van der Waals surface area (Å²) >= 11 is 7.47. The van der Waals surface area contributed by atoms with Crippen molar-refractivity contribution in [2.24, 2.45) is 0 Å². The van der Waals surface area contributed by atoms with Crippen LogP contribution in [-0.2, 0) is 19.1 Å². The second kappa shape index (κ2) is 6.84. The Morgan fingerprint density at radius 2 is 2.32 bits per heavy atom. The van der Waals surface area contributed by atoms with Crippen LogP contribution in [0.25, 0.3) is 0 Å².